The lowest BCUT2D eigenvalue weighted by Crippen LogP contribution is -2.22. The summed E-state index contributed by atoms with van der Waals surface area (Å²) in [6, 6.07) is 11.7. The van der Waals surface area contributed by atoms with Crippen LogP contribution in [0.5, 0.6) is 0 Å². The summed E-state index contributed by atoms with van der Waals surface area (Å²) in [5.74, 6) is -0.274. The number of ether oxygens (including phenoxy) is 1. The standard InChI is InChI=1S/C17H15FN2O2/c1-22-9-8-20-11-19-16-10-13(4-7-15(16)17(20)21)12-2-5-14(18)6-3-12/h2-7,10-11H,8-9H2,1H3. The lowest BCUT2D eigenvalue weighted by Gasteiger charge is -2.07. The van der Waals surface area contributed by atoms with E-state index in [0.717, 1.165) is 11.1 Å². The number of benzene rings is 2. The molecule has 0 saturated carbocycles. The molecule has 0 spiro atoms. The van der Waals surface area contributed by atoms with Gasteiger partial charge in [-0.2, -0.15) is 0 Å². The van der Waals surface area contributed by atoms with Crippen LogP contribution >= 0.6 is 0 Å². The molecule has 0 atom stereocenters. The molecule has 0 unspecified atom stereocenters. The second-order valence-electron chi connectivity index (χ2n) is 4.97. The Balaban J connectivity index is 2.04. The maximum Gasteiger partial charge on any atom is 0.261 e. The van der Waals surface area contributed by atoms with E-state index in [-0.39, 0.29) is 11.4 Å². The van der Waals surface area contributed by atoms with Crippen LogP contribution in [0.2, 0.25) is 0 Å². The van der Waals surface area contributed by atoms with Crippen LogP contribution in [0.15, 0.2) is 53.6 Å². The Labute approximate surface area is 126 Å². The summed E-state index contributed by atoms with van der Waals surface area (Å²) in [5, 5.41) is 0.560. The maximum atomic E-state index is 13.0. The molecule has 112 valence electrons. The summed E-state index contributed by atoms with van der Waals surface area (Å²) >= 11 is 0. The number of hydrogen-bond acceptors (Lipinski definition) is 3. The molecule has 0 fully saturated rings. The topological polar surface area (TPSA) is 44.1 Å². The Morgan fingerprint density at radius 2 is 1.86 bits per heavy atom. The van der Waals surface area contributed by atoms with Gasteiger partial charge in [0, 0.05) is 7.11 Å². The highest BCUT2D eigenvalue weighted by molar-refractivity contribution is 5.83. The SMILES string of the molecule is COCCn1cnc2cc(-c3ccc(F)cc3)ccc2c1=O. The molecule has 3 aromatic rings. The third-order valence-electron chi connectivity index (χ3n) is 3.54. The summed E-state index contributed by atoms with van der Waals surface area (Å²) < 4.78 is 19.5. The summed E-state index contributed by atoms with van der Waals surface area (Å²) in [4.78, 5) is 16.7. The van der Waals surface area contributed by atoms with Gasteiger partial charge in [-0.15, -0.1) is 0 Å². The summed E-state index contributed by atoms with van der Waals surface area (Å²) in [6.07, 6.45) is 1.53. The van der Waals surface area contributed by atoms with Gasteiger partial charge < -0.3 is 4.74 Å². The molecule has 22 heavy (non-hydrogen) atoms. The van der Waals surface area contributed by atoms with E-state index in [9.17, 15) is 9.18 Å². The van der Waals surface area contributed by atoms with E-state index >= 15 is 0 Å². The van der Waals surface area contributed by atoms with Gasteiger partial charge >= 0.3 is 0 Å². The largest absolute Gasteiger partial charge is 0.383 e. The predicted molar refractivity (Wildman–Crippen MR) is 83.3 cm³/mol. The van der Waals surface area contributed by atoms with Crippen LogP contribution in [-0.4, -0.2) is 23.3 Å². The molecule has 5 heteroatoms. The Morgan fingerprint density at radius 1 is 1.14 bits per heavy atom. The zero-order valence-corrected chi connectivity index (χ0v) is 12.1. The number of aromatic nitrogens is 2. The molecule has 0 aliphatic heterocycles. The van der Waals surface area contributed by atoms with Crippen LogP contribution in [-0.2, 0) is 11.3 Å². The van der Waals surface area contributed by atoms with Crippen molar-refractivity contribution in [2.45, 2.75) is 6.54 Å². The van der Waals surface area contributed by atoms with Gasteiger partial charge in [-0.05, 0) is 35.4 Å². The molecule has 0 aliphatic carbocycles. The van der Waals surface area contributed by atoms with Crippen molar-refractivity contribution in [3.8, 4) is 11.1 Å². The molecule has 0 aliphatic rings. The number of hydrogen-bond donors (Lipinski definition) is 0. The van der Waals surface area contributed by atoms with Crippen LogP contribution < -0.4 is 5.56 Å². The fraction of sp³-hybridized carbons (Fsp3) is 0.176. The Kier molecular flexibility index (Phi) is 3.98. The summed E-state index contributed by atoms with van der Waals surface area (Å²) in [5.41, 5.74) is 2.32. The highest BCUT2D eigenvalue weighted by Crippen LogP contribution is 2.22. The molecule has 0 radical (unpaired) electrons. The molecular formula is C17H15FN2O2. The third kappa shape index (κ3) is 2.76. The number of halogens is 1. The predicted octanol–water partition coefficient (Wildman–Crippen LogP) is 2.85. The Hall–Kier alpha value is -2.53. The highest BCUT2D eigenvalue weighted by Gasteiger charge is 2.06. The number of rotatable bonds is 4. The van der Waals surface area contributed by atoms with Crippen molar-refractivity contribution in [2.24, 2.45) is 0 Å². The van der Waals surface area contributed by atoms with Crippen LogP contribution in [0.4, 0.5) is 4.39 Å². The van der Waals surface area contributed by atoms with Crippen molar-refractivity contribution in [3.63, 3.8) is 0 Å². The van der Waals surface area contributed by atoms with Gasteiger partial charge in [0.1, 0.15) is 5.82 Å². The molecule has 0 saturated heterocycles. The minimum absolute atomic E-state index is 0.0901. The van der Waals surface area contributed by atoms with Gasteiger partial charge in [0.05, 0.1) is 30.4 Å². The maximum absolute atomic E-state index is 13.0. The minimum Gasteiger partial charge on any atom is -0.383 e. The number of methoxy groups -OCH3 is 1. The van der Waals surface area contributed by atoms with E-state index in [1.54, 1.807) is 25.3 Å². The smallest absolute Gasteiger partial charge is 0.261 e. The fourth-order valence-corrected chi connectivity index (χ4v) is 2.33. The molecule has 4 nitrogen and oxygen atoms in total. The first-order valence-corrected chi connectivity index (χ1v) is 6.93. The normalized spacial score (nSPS) is 11.0. The first-order valence-electron chi connectivity index (χ1n) is 6.93. The zero-order valence-electron chi connectivity index (χ0n) is 12.1. The van der Waals surface area contributed by atoms with Gasteiger partial charge in [0.25, 0.3) is 5.56 Å². The molecule has 1 heterocycles. The molecular weight excluding hydrogens is 283 g/mol. The second-order valence-corrected chi connectivity index (χ2v) is 4.97. The number of nitrogens with zero attached hydrogens (tertiary/aromatic N) is 2. The van der Waals surface area contributed by atoms with E-state index in [2.05, 4.69) is 4.98 Å². The number of fused-ring (bicyclic) bond motifs is 1. The average molecular weight is 298 g/mol. The lowest BCUT2D eigenvalue weighted by atomic mass is 10.0. The molecule has 0 amide bonds. The average Bonchev–Trinajstić information content (AvgIpc) is 2.55. The van der Waals surface area contributed by atoms with Crippen LogP contribution in [0.1, 0.15) is 0 Å². The van der Waals surface area contributed by atoms with E-state index < -0.39 is 0 Å². The van der Waals surface area contributed by atoms with E-state index in [1.165, 1.54) is 23.0 Å². The van der Waals surface area contributed by atoms with Crippen LogP contribution in [0, 0.1) is 5.82 Å². The lowest BCUT2D eigenvalue weighted by molar-refractivity contribution is 0.186. The van der Waals surface area contributed by atoms with Crippen molar-refractivity contribution in [2.75, 3.05) is 13.7 Å². The fourth-order valence-electron chi connectivity index (χ4n) is 2.33. The molecule has 0 N–H and O–H groups in total. The van der Waals surface area contributed by atoms with Crippen molar-refractivity contribution in [3.05, 3.63) is 65.0 Å². The van der Waals surface area contributed by atoms with Crippen molar-refractivity contribution in [1.82, 2.24) is 9.55 Å². The van der Waals surface area contributed by atoms with Crippen LogP contribution in [0.3, 0.4) is 0 Å². The van der Waals surface area contributed by atoms with Crippen molar-refractivity contribution in [1.29, 1.82) is 0 Å². The van der Waals surface area contributed by atoms with Gasteiger partial charge in [0.15, 0.2) is 0 Å². The van der Waals surface area contributed by atoms with E-state index in [4.69, 9.17) is 4.74 Å². The van der Waals surface area contributed by atoms with Crippen molar-refractivity contribution < 1.29 is 9.13 Å². The van der Waals surface area contributed by atoms with Gasteiger partial charge in [-0.25, -0.2) is 9.37 Å². The van der Waals surface area contributed by atoms with Crippen molar-refractivity contribution >= 4 is 10.9 Å². The van der Waals surface area contributed by atoms with Gasteiger partial charge in [-0.1, -0.05) is 18.2 Å². The minimum atomic E-state index is -0.274. The summed E-state index contributed by atoms with van der Waals surface area (Å²) in [6.45, 7) is 0.929. The third-order valence-corrected chi connectivity index (χ3v) is 3.54. The van der Waals surface area contributed by atoms with E-state index in [1.807, 2.05) is 12.1 Å². The van der Waals surface area contributed by atoms with Gasteiger partial charge in [-0.3, -0.25) is 9.36 Å². The molecule has 0 bridgehead atoms. The molecule has 1 aromatic heterocycles. The first kappa shape index (κ1) is 14.4. The van der Waals surface area contributed by atoms with Crippen LogP contribution in [0.25, 0.3) is 22.0 Å². The Bertz CT molecular complexity index is 857. The Morgan fingerprint density at radius 3 is 2.59 bits per heavy atom. The second kappa shape index (κ2) is 6.07. The molecule has 2 aromatic carbocycles. The first-order chi connectivity index (χ1) is 10.7. The monoisotopic (exact) mass is 298 g/mol. The summed E-state index contributed by atoms with van der Waals surface area (Å²) in [7, 11) is 1.59. The van der Waals surface area contributed by atoms with E-state index in [0.29, 0.717) is 24.1 Å². The molecule has 3 rings (SSSR count). The van der Waals surface area contributed by atoms with Gasteiger partial charge in [0.2, 0.25) is 0 Å². The zero-order chi connectivity index (χ0) is 15.5. The quantitative estimate of drug-likeness (QED) is 0.744. The highest BCUT2D eigenvalue weighted by atomic mass is 19.1.